The van der Waals surface area contributed by atoms with E-state index in [9.17, 15) is 9.59 Å². The Morgan fingerprint density at radius 1 is 1.13 bits per heavy atom. The zero-order valence-electron chi connectivity index (χ0n) is 7.41. The number of amides is 2. The highest BCUT2D eigenvalue weighted by Crippen LogP contribution is 2.32. The molecule has 1 N–H and O–H groups in total. The van der Waals surface area contributed by atoms with Crippen molar-refractivity contribution in [1.82, 2.24) is 5.32 Å². The van der Waals surface area contributed by atoms with Gasteiger partial charge in [-0.05, 0) is 12.1 Å². The number of rotatable bonds is 1. The van der Waals surface area contributed by atoms with E-state index in [2.05, 4.69) is 5.32 Å². The van der Waals surface area contributed by atoms with Crippen LogP contribution < -0.4 is 10.2 Å². The zero-order chi connectivity index (χ0) is 11.1. The van der Waals surface area contributed by atoms with Crippen molar-refractivity contribution in [1.29, 1.82) is 0 Å². The average Bonchev–Trinajstić information content (AvgIpc) is 2.37. The monoisotopic (exact) mass is 244 g/mol. The van der Waals surface area contributed by atoms with Gasteiger partial charge in [-0.3, -0.25) is 19.8 Å². The number of nitrogens with one attached hydrogen (secondary N) is 1. The van der Waals surface area contributed by atoms with Gasteiger partial charge in [-0.25, -0.2) is 0 Å². The van der Waals surface area contributed by atoms with Crippen LogP contribution in [0.5, 0.6) is 0 Å². The Hall–Kier alpha value is -1.26. The van der Waals surface area contributed by atoms with Crippen molar-refractivity contribution in [3.63, 3.8) is 0 Å². The van der Waals surface area contributed by atoms with Crippen LogP contribution in [-0.4, -0.2) is 16.4 Å². The summed E-state index contributed by atoms with van der Waals surface area (Å²) in [4.78, 5) is 23.6. The summed E-state index contributed by atoms with van der Waals surface area (Å²) in [5.41, 5.74) is 0.464. The Balaban J connectivity index is 2.45. The van der Waals surface area contributed by atoms with Crippen molar-refractivity contribution in [3.05, 3.63) is 30.3 Å². The molecule has 15 heavy (non-hydrogen) atoms. The molecule has 0 aliphatic carbocycles. The largest absolute Gasteiger partial charge is 0.320 e. The van der Waals surface area contributed by atoms with E-state index in [0.717, 1.165) is 4.90 Å². The second-order valence-electron chi connectivity index (χ2n) is 2.97. The number of carbonyl (C=O) groups is 2. The highest BCUT2D eigenvalue weighted by molar-refractivity contribution is 6.59. The van der Waals surface area contributed by atoms with Gasteiger partial charge in [0.15, 0.2) is 0 Å². The molecule has 0 bridgehead atoms. The van der Waals surface area contributed by atoms with Crippen LogP contribution in [0.2, 0.25) is 0 Å². The first-order chi connectivity index (χ1) is 7.02. The van der Waals surface area contributed by atoms with Crippen molar-refractivity contribution in [2.75, 3.05) is 4.90 Å². The topological polar surface area (TPSA) is 49.4 Å². The predicted molar refractivity (Wildman–Crippen MR) is 56.5 cm³/mol. The Bertz CT molecular complexity index is 419. The third kappa shape index (κ3) is 1.66. The number of carbonyl (C=O) groups excluding carboxylic acids is 2. The highest BCUT2D eigenvalue weighted by atomic mass is 35.5. The number of para-hydroxylation sites is 1. The molecule has 2 rings (SSSR count). The molecule has 0 saturated carbocycles. The summed E-state index contributed by atoms with van der Waals surface area (Å²) in [6.07, 6.45) is 0. The standard InChI is InChI=1S/C9H6Cl2N2O2/c10-9(11)12-7(14)8(15)13(9)6-4-2-1-3-5-6/h1-5H,(H,12,14). The van der Waals surface area contributed by atoms with Gasteiger partial charge < -0.3 is 0 Å². The summed E-state index contributed by atoms with van der Waals surface area (Å²) in [5.74, 6) is -1.59. The lowest BCUT2D eigenvalue weighted by molar-refractivity contribution is -0.134. The van der Waals surface area contributed by atoms with Crippen LogP contribution in [-0.2, 0) is 9.59 Å². The number of halogens is 2. The SMILES string of the molecule is O=C1NC(Cl)(Cl)N(c2ccccc2)C1=O. The fourth-order valence-electron chi connectivity index (χ4n) is 1.33. The van der Waals surface area contributed by atoms with Gasteiger partial charge in [-0.15, -0.1) is 0 Å². The van der Waals surface area contributed by atoms with E-state index in [0.29, 0.717) is 5.69 Å². The molecule has 0 spiro atoms. The molecule has 4 nitrogen and oxygen atoms in total. The van der Waals surface area contributed by atoms with Gasteiger partial charge in [0.25, 0.3) is 4.58 Å². The van der Waals surface area contributed by atoms with Gasteiger partial charge in [-0.2, -0.15) is 0 Å². The minimum atomic E-state index is -1.71. The molecular formula is C9H6Cl2N2O2. The van der Waals surface area contributed by atoms with Gasteiger partial charge in [0.2, 0.25) is 0 Å². The lowest BCUT2D eigenvalue weighted by atomic mass is 10.3. The lowest BCUT2D eigenvalue weighted by Crippen LogP contribution is -2.42. The molecule has 78 valence electrons. The van der Waals surface area contributed by atoms with E-state index in [1.807, 2.05) is 0 Å². The van der Waals surface area contributed by atoms with Crippen LogP contribution in [0.4, 0.5) is 5.69 Å². The van der Waals surface area contributed by atoms with Crippen LogP contribution in [0.25, 0.3) is 0 Å². The molecule has 0 atom stereocenters. The Labute approximate surface area is 95.8 Å². The van der Waals surface area contributed by atoms with E-state index in [1.165, 1.54) is 0 Å². The van der Waals surface area contributed by atoms with Crippen LogP contribution >= 0.6 is 23.2 Å². The molecule has 1 saturated heterocycles. The maximum absolute atomic E-state index is 11.5. The van der Waals surface area contributed by atoms with Crippen molar-refractivity contribution >= 4 is 40.7 Å². The molecule has 1 fully saturated rings. The van der Waals surface area contributed by atoms with Crippen molar-refractivity contribution in [2.24, 2.45) is 0 Å². The van der Waals surface area contributed by atoms with Crippen LogP contribution in [0.15, 0.2) is 30.3 Å². The summed E-state index contributed by atoms with van der Waals surface area (Å²) in [5, 5.41) is 2.16. The molecular weight excluding hydrogens is 239 g/mol. The number of benzene rings is 1. The van der Waals surface area contributed by atoms with Crippen LogP contribution in [0.3, 0.4) is 0 Å². The maximum atomic E-state index is 11.5. The van der Waals surface area contributed by atoms with Crippen molar-refractivity contribution in [3.8, 4) is 0 Å². The smallest absolute Gasteiger partial charge is 0.299 e. The number of hydrogen-bond acceptors (Lipinski definition) is 2. The minimum absolute atomic E-state index is 0.464. The molecule has 1 aliphatic rings. The second kappa shape index (κ2) is 3.40. The average molecular weight is 245 g/mol. The van der Waals surface area contributed by atoms with E-state index in [4.69, 9.17) is 23.2 Å². The molecule has 1 aromatic carbocycles. The Morgan fingerprint density at radius 2 is 1.73 bits per heavy atom. The summed E-state index contributed by atoms with van der Waals surface area (Å²) >= 11 is 11.6. The predicted octanol–water partition coefficient (Wildman–Crippen LogP) is 1.24. The third-order valence-corrected chi connectivity index (χ3v) is 2.48. The fraction of sp³-hybridized carbons (Fsp3) is 0.111. The first-order valence-corrected chi connectivity index (χ1v) is 4.87. The molecule has 6 heteroatoms. The second-order valence-corrected chi connectivity index (χ2v) is 4.26. The summed E-state index contributed by atoms with van der Waals surface area (Å²) in [6, 6.07) is 8.49. The van der Waals surface area contributed by atoms with Gasteiger partial charge in [-0.1, -0.05) is 41.4 Å². The highest BCUT2D eigenvalue weighted by Gasteiger charge is 2.48. The summed E-state index contributed by atoms with van der Waals surface area (Å²) in [6.45, 7) is 0. The van der Waals surface area contributed by atoms with E-state index < -0.39 is 16.4 Å². The summed E-state index contributed by atoms with van der Waals surface area (Å²) in [7, 11) is 0. The molecule has 1 aromatic rings. The number of anilines is 1. The molecule has 1 aliphatic heterocycles. The third-order valence-electron chi connectivity index (χ3n) is 1.96. The number of nitrogens with zero attached hydrogens (tertiary/aromatic N) is 1. The van der Waals surface area contributed by atoms with E-state index in [-0.39, 0.29) is 0 Å². The van der Waals surface area contributed by atoms with Gasteiger partial charge in [0.1, 0.15) is 0 Å². The van der Waals surface area contributed by atoms with Crippen LogP contribution in [0.1, 0.15) is 0 Å². The normalized spacial score (nSPS) is 19.2. The number of hydrogen-bond donors (Lipinski definition) is 1. The first kappa shape index (κ1) is 10.3. The van der Waals surface area contributed by atoms with Gasteiger partial charge in [0.05, 0.1) is 0 Å². The molecule has 0 aromatic heterocycles. The first-order valence-electron chi connectivity index (χ1n) is 4.12. The number of alkyl halides is 2. The van der Waals surface area contributed by atoms with Gasteiger partial charge >= 0.3 is 11.8 Å². The molecule has 0 unspecified atom stereocenters. The van der Waals surface area contributed by atoms with Crippen molar-refractivity contribution in [2.45, 2.75) is 4.58 Å². The lowest BCUT2D eigenvalue weighted by Gasteiger charge is -2.24. The van der Waals surface area contributed by atoms with Crippen LogP contribution in [0, 0.1) is 0 Å². The van der Waals surface area contributed by atoms with E-state index in [1.54, 1.807) is 30.3 Å². The van der Waals surface area contributed by atoms with Gasteiger partial charge in [0, 0.05) is 5.69 Å². The minimum Gasteiger partial charge on any atom is -0.299 e. The quantitative estimate of drug-likeness (QED) is 0.459. The molecule has 2 amide bonds. The van der Waals surface area contributed by atoms with E-state index >= 15 is 0 Å². The molecule has 0 radical (unpaired) electrons. The summed E-state index contributed by atoms with van der Waals surface area (Å²) < 4.78 is -1.71. The molecule has 1 heterocycles. The fourth-order valence-corrected chi connectivity index (χ4v) is 1.85. The Morgan fingerprint density at radius 3 is 2.20 bits per heavy atom. The van der Waals surface area contributed by atoms with Crippen molar-refractivity contribution < 1.29 is 9.59 Å². The Kier molecular flexibility index (Phi) is 2.32. The maximum Gasteiger partial charge on any atom is 0.320 e. The zero-order valence-corrected chi connectivity index (χ0v) is 8.92.